The molecule has 1 aromatic carbocycles. The SMILES string of the molecule is Cc1nc(/C(=N/O[C@@H](COc2ccc(C(=O)Nc3cn(CCCNC(=O)OC(C)(C)C)[n+](CC4CN(C(=O)OC(C)(C)C)C4)c3)cc2)C(=O)OC(C)(C)C)C(=O)C[C@@H]2C(=O)N(OS(=O)(=O)[O-])C2(C)C)cs1.S. The third-order valence-corrected chi connectivity index (χ3v) is 11.6. The Morgan fingerprint density at radius 2 is 1.60 bits per heavy atom. The summed E-state index contributed by atoms with van der Waals surface area (Å²) in [6.07, 6.45) is 1.17. The minimum atomic E-state index is -5.28. The summed E-state index contributed by atoms with van der Waals surface area (Å²) < 4.78 is 64.1. The molecule has 2 aromatic heterocycles. The van der Waals surface area contributed by atoms with E-state index in [4.69, 9.17) is 23.8 Å². The molecule has 23 nitrogen and oxygen atoms in total. The van der Waals surface area contributed by atoms with Crippen LogP contribution in [0.1, 0.15) is 110 Å². The van der Waals surface area contributed by atoms with Crippen molar-refractivity contribution in [2.24, 2.45) is 17.0 Å². The van der Waals surface area contributed by atoms with E-state index < -0.39 is 87.5 Å². The number of oxime groups is 1. The monoisotopic (exact) mass is 1070 g/mol. The summed E-state index contributed by atoms with van der Waals surface area (Å²) in [7, 11) is -5.28. The maximum absolute atomic E-state index is 13.8. The van der Waals surface area contributed by atoms with Crippen LogP contribution in [0.2, 0.25) is 0 Å². The first kappa shape index (κ1) is 58.7. The van der Waals surface area contributed by atoms with Crippen molar-refractivity contribution in [1.29, 1.82) is 0 Å². The number of thiazole rings is 1. The average molecular weight is 1070 g/mol. The van der Waals surface area contributed by atoms with Gasteiger partial charge in [0.15, 0.2) is 18.0 Å². The van der Waals surface area contributed by atoms with Gasteiger partial charge in [0.25, 0.3) is 17.9 Å². The second kappa shape index (κ2) is 23.4. The third kappa shape index (κ3) is 17.2. The highest BCUT2D eigenvalue weighted by Gasteiger charge is 2.57. The molecule has 3 aromatic rings. The molecular weight excluding hydrogens is 1000 g/mol. The number of benzene rings is 1. The van der Waals surface area contributed by atoms with E-state index in [9.17, 15) is 41.7 Å². The molecule has 0 aliphatic carbocycles. The van der Waals surface area contributed by atoms with Gasteiger partial charge in [0.2, 0.25) is 16.6 Å². The molecule has 2 fully saturated rings. The number of Topliss-reactive ketones (excluding diaryl/α,β-unsaturated/α-hetero) is 1. The number of alkyl carbamates (subject to hydrolysis) is 1. The fourth-order valence-corrected chi connectivity index (χ4v) is 8.20. The van der Waals surface area contributed by atoms with E-state index in [1.165, 1.54) is 54.8 Å². The number of ketones is 1. The van der Waals surface area contributed by atoms with E-state index in [2.05, 4.69) is 25.1 Å². The summed E-state index contributed by atoms with van der Waals surface area (Å²) in [5, 5.41) is 12.2. The first-order valence-corrected chi connectivity index (χ1v) is 25.0. The van der Waals surface area contributed by atoms with Crippen LogP contribution in [0.4, 0.5) is 15.3 Å². The molecule has 2 atom stereocenters. The van der Waals surface area contributed by atoms with Crippen LogP contribution in [-0.2, 0) is 61.2 Å². The lowest BCUT2D eigenvalue weighted by Gasteiger charge is -2.51. The Hall–Kier alpha value is -5.83. The number of anilines is 1. The molecule has 398 valence electrons. The highest BCUT2D eigenvalue weighted by Crippen LogP contribution is 2.41. The second-order valence-electron chi connectivity index (χ2n) is 20.6. The van der Waals surface area contributed by atoms with E-state index in [0.29, 0.717) is 54.9 Å². The molecule has 0 spiro atoms. The van der Waals surface area contributed by atoms with Crippen molar-refractivity contribution in [2.75, 3.05) is 31.6 Å². The molecule has 0 radical (unpaired) electrons. The Morgan fingerprint density at radius 1 is 0.972 bits per heavy atom. The zero-order chi connectivity index (χ0) is 52.9. The number of rotatable bonds is 20. The summed E-state index contributed by atoms with van der Waals surface area (Å²) in [6, 6.07) is 6.05. The minimum absolute atomic E-state index is 0. The predicted octanol–water partition coefficient (Wildman–Crippen LogP) is 4.79. The van der Waals surface area contributed by atoms with Gasteiger partial charge in [-0.2, -0.15) is 27.5 Å². The van der Waals surface area contributed by atoms with Crippen LogP contribution in [0, 0.1) is 18.8 Å². The fourth-order valence-electron chi connectivity index (χ4n) is 7.15. The summed E-state index contributed by atoms with van der Waals surface area (Å²) in [6.45, 7) is 22.1. The van der Waals surface area contributed by atoms with Gasteiger partial charge in [-0.15, -0.1) is 16.0 Å². The Balaban J connectivity index is 0.0000112. The molecule has 0 bridgehead atoms. The van der Waals surface area contributed by atoms with Crippen molar-refractivity contribution < 1.29 is 74.5 Å². The normalized spacial score (nSPS) is 16.6. The molecule has 4 heterocycles. The van der Waals surface area contributed by atoms with Crippen molar-refractivity contribution in [3.8, 4) is 5.75 Å². The Morgan fingerprint density at radius 3 is 2.15 bits per heavy atom. The highest BCUT2D eigenvalue weighted by molar-refractivity contribution is 7.80. The molecule has 0 saturated carbocycles. The average Bonchev–Trinajstić information content (AvgIpc) is 3.82. The van der Waals surface area contributed by atoms with Crippen molar-refractivity contribution in [3.63, 3.8) is 0 Å². The lowest BCUT2D eigenvalue weighted by molar-refractivity contribution is -0.781. The first-order valence-electron chi connectivity index (χ1n) is 22.8. The van der Waals surface area contributed by atoms with Gasteiger partial charge >= 0.3 is 18.2 Å². The molecule has 4 amide bonds. The molecule has 2 aliphatic rings. The highest BCUT2D eigenvalue weighted by atomic mass is 32.3. The number of nitrogens with zero attached hydrogens (tertiary/aromatic N) is 6. The number of carbonyl (C=O) groups excluding carboxylic acids is 6. The van der Waals surface area contributed by atoms with E-state index in [1.54, 1.807) is 65.8 Å². The van der Waals surface area contributed by atoms with Crippen molar-refractivity contribution >= 4 is 82.4 Å². The topological polar surface area (TPSA) is 280 Å². The van der Waals surface area contributed by atoms with Gasteiger partial charge in [-0.1, -0.05) is 5.16 Å². The molecule has 5 rings (SSSR count). The molecule has 2 saturated heterocycles. The Kier molecular flexibility index (Phi) is 19.1. The number of likely N-dealkylation sites (tertiary alicyclic amines) is 1. The number of nitrogens with one attached hydrogen (secondary N) is 2. The standard InChI is InChI=1S/C46H64N8O15S2.H2S/c1-28-48-34(27-70-28)37(35(55)20-33-39(57)54(46(33,11)12)69-71(61,62)63)50-68-36(40(58)65-43(2,3)4)26-64-32-16-14-30(15-17-32)38(56)49-31-24-52(19-13-18-47-41(59)66-44(5,6)7)53(25-31)23-29-21-51(22-29)42(60)67-45(8,9)10;/h14-17,24-25,27,29,33,36H,13,18-23,26H2,1-12H3,(H2-,47,49,56,59,61,62,63);1H2/b50-37-;/t33-,36+;/m1./s1. The molecular formula is C46H66N8O15S3. The summed E-state index contributed by atoms with van der Waals surface area (Å²) >= 11 is 1.20. The molecule has 72 heavy (non-hydrogen) atoms. The van der Waals surface area contributed by atoms with E-state index in [0.717, 1.165) is 0 Å². The lowest BCUT2D eigenvalue weighted by atomic mass is 9.74. The van der Waals surface area contributed by atoms with Crippen LogP contribution in [0.3, 0.4) is 0 Å². The van der Waals surface area contributed by atoms with Crippen LogP contribution in [0.5, 0.6) is 5.75 Å². The van der Waals surface area contributed by atoms with Gasteiger partial charge in [0.1, 0.15) is 40.5 Å². The molecule has 26 heteroatoms. The van der Waals surface area contributed by atoms with Crippen molar-refractivity contribution in [3.05, 3.63) is 58.3 Å². The van der Waals surface area contributed by atoms with E-state index >= 15 is 0 Å². The zero-order valence-corrected chi connectivity index (χ0v) is 45.2. The van der Waals surface area contributed by atoms with Gasteiger partial charge in [0, 0.05) is 37.0 Å². The largest absolute Gasteiger partial charge is 0.724 e. The molecule has 0 unspecified atom stereocenters. The minimum Gasteiger partial charge on any atom is -0.724 e. The van der Waals surface area contributed by atoms with E-state index in [1.807, 2.05) is 30.1 Å². The van der Waals surface area contributed by atoms with Gasteiger partial charge in [-0.3, -0.25) is 14.4 Å². The third-order valence-electron chi connectivity index (χ3n) is 10.5. The number of aromatic nitrogens is 3. The summed E-state index contributed by atoms with van der Waals surface area (Å²) in [4.78, 5) is 90.0. The van der Waals surface area contributed by atoms with Crippen molar-refractivity contribution in [1.82, 2.24) is 24.9 Å². The number of ether oxygens (including phenoxy) is 4. The fraction of sp³-hybridized carbons (Fsp3) is 0.587. The number of aryl methyl sites for hydroxylation is 2. The number of amides is 4. The Bertz CT molecular complexity index is 2590. The quantitative estimate of drug-likeness (QED) is 0.0177. The second-order valence-corrected chi connectivity index (χ2v) is 22.6. The first-order chi connectivity index (χ1) is 32.8. The number of carbonyl (C=O) groups is 6. The van der Waals surface area contributed by atoms with Crippen LogP contribution in [0.15, 0.2) is 47.2 Å². The van der Waals surface area contributed by atoms with Gasteiger partial charge < -0.3 is 43.9 Å². The summed E-state index contributed by atoms with van der Waals surface area (Å²) in [5.74, 6) is -3.74. The van der Waals surface area contributed by atoms with Gasteiger partial charge in [-0.25, -0.2) is 27.8 Å². The predicted molar refractivity (Wildman–Crippen MR) is 264 cm³/mol. The number of β-lactam (4-membered cyclic amide) rings is 1. The zero-order valence-electron chi connectivity index (χ0n) is 42.6. The maximum atomic E-state index is 13.8. The number of hydrogen-bond donors (Lipinski definition) is 2. The smallest absolute Gasteiger partial charge is 0.410 e. The number of esters is 1. The number of hydrogen-bond acceptors (Lipinski definition) is 18. The van der Waals surface area contributed by atoms with Gasteiger partial charge in [0.05, 0.1) is 35.1 Å². The maximum Gasteiger partial charge on any atom is 0.410 e. The van der Waals surface area contributed by atoms with Crippen LogP contribution in [-0.4, -0.2) is 129 Å². The van der Waals surface area contributed by atoms with Crippen LogP contribution >= 0.6 is 24.8 Å². The van der Waals surface area contributed by atoms with Crippen molar-refractivity contribution in [2.45, 2.75) is 137 Å². The number of hydroxylamine groups is 2. The molecule has 2 N–H and O–H groups in total. The molecule has 2 aliphatic heterocycles. The van der Waals surface area contributed by atoms with E-state index in [-0.39, 0.29) is 48.2 Å². The van der Waals surface area contributed by atoms with Crippen LogP contribution < -0.4 is 20.1 Å². The summed E-state index contributed by atoms with van der Waals surface area (Å²) in [5.41, 5.74) is -3.09. The van der Waals surface area contributed by atoms with Gasteiger partial charge in [-0.05, 0) is 114 Å². The van der Waals surface area contributed by atoms with Crippen LogP contribution in [0.25, 0.3) is 0 Å². The lowest BCUT2D eigenvalue weighted by Crippen LogP contribution is -2.68. The Labute approximate surface area is 430 Å².